The Morgan fingerprint density at radius 2 is 1.33 bits per heavy atom. The minimum atomic E-state index is -1.15. The van der Waals surface area contributed by atoms with Gasteiger partial charge in [-0.3, -0.25) is 24.6 Å². The van der Waals surface area contributed by atoms with Crippen molar-refractivity contribution in [2.75, 3.05) is 26.9 Å². The Bertz CT molecular complexity index is 1240. The Morgan fingerprint density at radius 3 is 1.85 bits per heavy atom. The quantitative estimate of drug-likeness (QED) is 0.115. The molecule has 2 unspecified atom stereocenters. The second-order valence-electron chi connectivity index (χ2n) is 12.1. The standard InChI is InChI=1S/C34H51N5O7/c1-22(2)31(35-24(5)40)33(43)37-29(19-26-11-9-8-10-12-26)30(42)21-39(38-34(44)32(23(3)4)36-25(6)41)20-27-13-15-28(16-14-27)46-18-17-45-7/h8-16,22-23,29-32,42H,17-21H2,1-7H3,(H,35,40)(H,36,41)(H,37,43)(H,38,44)/t29?,30?,31-,32-/m0/s1. The molecule has 0 spiro atoms. The van der Waals surface area contributed by atoms with E-state index in [2.05, 4.69) is 21.4 Å². The molecule has 0 bridgehead atoms. The van der Waals surface area contributed by atoms with Gasteiger partial charge in [0.2, 0.25) is 17.7 Å². The summed E-state index contributed by atoms with van der Waals surface area (Å²) in [5.74, 6) is -1.28. The smallest absolute Gasteiger partial charge is 0.257 e. The van der Waals surface area contributed by atoms with Gasteiger partial charge in [-0.2, -0.15) is 0 Å². The third-order valence-corrected chi connectivity index (χ3v) is 7.24. The number of aliphatic hydroxyl groups is 1. The summed E-state index contributed by atoms with van der Waals surface area (Å²) >= 11 is 0. The summed E-state index contributed by atoms with van der Waals surface area (Å²) in [5.41, 5.74) is 4.59. The van der Waals surface area contributed by atoms with Crippen molar-refractivity contribution in [3.63, 3.8) is 0 Å². The van der Waals surface area contributed by atoms with Crippen LogP contribution in [-0.4, -0.2) is 84.8 Å². The van der Waals surface area contributed by atoms with Gasteiger partial charge < -0.3 is 30.5 Å². The van der Waals surface area contributed by atoms with Gasteiger partial charge >= 0.3 is 0 Å². The van der Waals surface area contributed by atoms with Gasteiger partial charge in [0, 0.05) is 34.0 Å². The third kappa shape index (κ3) is 13.6. The van der Waals surface area contributed by atoms with Crippen molar-refractivity contribution in [3.05, 3.63) is 65.7 Å². The molecule has 5 N–H and O–H groups in total. The van der Waals surface area contributed by atoms with Crippen LogP contribution in [0.1, 0.15) is 52.7 Å². The van der Waals surface area contributed by atoms with Crippen LogP contribution in [0.2, 0.25) is 0 Å². The van der Waals surface area contributed by atoms with E-state index in [1.54, 1.807) is 12.1 Å². The number of carbonyl (C=O) groups is 4. The van der Waals surface area contributed by atoms with Gasteiger partial charge in [-0.15, -0.1) is 0 Å². The van der Waals surface area contributed by atoms with Crippen LogP contribution in [0.5, 0.6) is 5.75 Å². The zero-order chi connectivity index (χ0) is 34.2. The lowest BCUT2D eigenvalue weighted by atomic mass is 9.98. The molecular formula is C34H51N5O7. The number of amides is 4. The van der Waals surface area contributed by atoms with Crippen molar-refractivity contribution >= 4 is 23.6 Å². The van der Waals surface area contributed by atoms with E-state index in [9.17, 15) is 24.3 Å². The van der Waals surface area contributed by atoms with Gasteiger partial charge in [0.05, 0.1) is 18.8 Å². The average molecular weight is 642 g/mol. The highest BCUT2D eigenvalue weighted by molar-refractivity contribution is 5.87. The van der Waals surface area contributed by atoms with Gasteiger partial charge in [0.25, 0.3) is 5.91 Å². The number of nitrogens with zero attached hydrogens (tertiary/aromatic N) is 1. The largest absolute Gasteiger partial charge is 0.491 e. The number of aliphatic hydroxyl groups excluding tert-OH is 1. The van der Waals surface area contributed by atoms with Crippen LogP contribution in [0.15, 0.2) is 54.6 Å². The normalized spacial score (nSPS) is 13.9. The molecule has 0 aliphatic heterocycles. The molecule has 12 heteroatoms. The molecule has 0 saturated heterocycles. The lowest BCUT2D eigenvalue weighted by Gasteiger charge is -2.33. The maximum atomic E-state index is 13.4. The van der Waals surface area contributed by atoms with Gasteiger partial charge in [0.15, 0.2) is 0 Å². The molecular weight excluding hydrogens is 590 g/mol. The fourth-order valence-electron chi connectivity index (χ4n) is 4.81. The molecule has 4 amide bonds. The molecule has 2 aromatic rings. The van der Waals surface area contributed by atoms with Crippen LogP contribution in [0, 0.1) is 11.8 Å². The molecule has 0 aliphatic carbocycles. The SMILES string of the molecule is COCCOc1ccc(CN(CC(O)C(Cc2ccccc2)NC(=O)[C@@H](NC(C)=O)C(C)C)NC(=O)[C@@H](NC(C)=O)C(C)C)cc1. The topological polar surface area (TPSA) is 158 Å². The maximum Gasteiger partial charge on any atom is 0.257 e. The summed E-state index contributed by atoms with van der Waals surface area (Å²) in [6, 6.07) is 14.4. The number of benzene rings is 2. The van der Waals surface area contributed by atoms with Gasteiger partial charge in [-0.05, 0) is 41.5 Å². The number of carbonyl (C=O) groups excluding carboxylic acids is 4. The van der Waals surface area contributed by atoms with E-state index in [4.69, 9.17) is 9.47 Å². The van der Waals surface area contributed by atoms with Crippen molar-refractivity contribution in [1.29, 1.82) is 0 Å². The van der Waals surface area contributed by atoms with Crippen LogP contribution in [0.4, 0.5) is 0 Å². The fraction of sp³-hybridized carbons (Fsp3) is 0.529. The summed E-state index contributed by atoms with van der Waals surface area (Å²) < 4.78 is 10.7. The molecule has 4 atom stereocenters. The number of nitrogens with one attached hydrogen (secondary N) is 4. The highest BCUT2D eigenvalue weighted by atomic mass is 16.5. The third-order valence-electron chi connectivity index (χ3n) is 7.24. The van der Waals surface area contributed by atoms with E-state index >= 15 is 0 Å². The van der Waals surface area contributed by atoms with Crippen LogP contribution in [-0.2, 0) is 36.9 Å². The minimum Gasteiger partial charge on any atom is -0.491 e. The lowest BCUT2D eigenvalue weighted by Crippen LogP contribution is -2.59. The molecule has 0 aliphatic rings. The van der Waals surface area contributed by atoms with Crippen molar-refractivity contribution in [2.24, 2.45) is 11.8 Å². The number of hydrogen-bond acceptors (Lipinski definition) is 8. The summed E-state index contributed by atoms with van der Waals surface area (Å²) in [6.07, 6.45) is -0.849. The van der Waals surface area contributed by atoms with E-state index in [-0.39, 0.29) is 36.7 Å². The van der Waals surface area contributed by atoms with Crippen molar-refractivity contribution in [3.8, 4) is 5.75 Å². The second-order valence-corrected chi connectivity index (χ2v) is 12.1. The molecule has 2 aromatic carbocycles. The first-order chi connectivity index (χ1) is 21.8. The van der Waals surface area contributed by atoms with Crippen molar-refractivity contribution in [2.45, 2.75) is 78.7 Å². The molecule has 0 saturated carbocycles. The number of rotatable bonds is 19. The van der Waals surface area contributed by atoms with E-state index in [0.717, 1.165) is 11.1 Å². The fourth-order valence-corrected chi connectivity index (χ4v) is 4.81. The molecule has 0 radical (unpaired) electrons. The summed E-state index contributed by atoms with van der Waals surface area (Å²) in [5, 5.41) is 21.6. The highest BCUT2D eigenvalue weighted by Gasteiger charge is 2.31. The number of hydrazine groups is 1. The van der Waals surface area contributed by atoms with E-state index in [1.807, 2.05) is 82.3 Å². The Kier molecular flexibility index (Phi) is 16.2. The highest BCUT2D eigenvalue weighted by Crippen LogP contribution is 2.15. The van der Waals surface area contributed by atoms with Gasteiger partial charge in [-0.25, -0.2) is 5.01 Å². The maximum absolute atomic E-state index is 13.4. The second kappa shape index (κ2) is 19.5. The Morgan fingerprint density at radius 1 is 0.761 bits per heavy atom. The predicted octanol–water partition coefficient (Wildman–Crippen LogP) is 1.95. The molecule has 0 fully saturated rings. The predicted molar refractivity (Wildman–Crippen MR) is 175 cm³/mol. The van der Waals surface area contributed by atoms with Crippen LogP contribution in [0.3, 0.4) is 0 Å². The molecule has 2 rings (SSSR count). The lowest BCUT2D eigenvalue weighted by molar-refractivity contribution is -0.134. The summed E-state index contributed by atoms with van der Waals surface area (Å²) in [4.78, 5) is 50.5. The van der Waals surface area contributed by atoms with Crippen LogP contribution < -0.4 is 26.1 Å². The molecule has 254 valence electrons. The number of hydrogen-bond donors (Lipinski definition) is 5. The van der Waals surface area contributed by atoms with Gasteiger partial charge in [-0.1, -0.05) is 70.2 Å². The molecule has 12 nitrogen and oxygen atoms in total. The zero-order valence-electron chi connectivity index (χ0n) is 28.0. The molecule has 0 aromatic heterocycles. The average Bonchev–Trinajstić information content (AvgIpc) is 2.99. The minimum absolute atomic E-state index is 0.0625. The first kappa shape index (κ1) is 38.2. The van der Waals surface area contributed by atoms with Gasteiger partial charge in [0.1, 0.15) is 24.4 Å². The van der Waals surface area contributed by atoms with Crippen molar-refractivity contribution in [1.82, 2.24) is 26.4 Å². The zero-order valence-corrected chi connectivity index (χ0v) is 28.0. The Hall–Kier alpha value is -4.00. The number of methoxy groups -OCH3 is 1. The van der Waals surface area contributed by atoms with E-state index in [1.165, 1.54) is 13.8 Å². The van der Waals surface area contributed by atoms with Crippen molar-refractivity contribution < 1.29 is 33.8 Å². The molecule has 46 heavy (non-hydrogen) atoms. The van der Waals surface area contributed by atoms with E-state index < -0.39 is 36.0 Å². The summed E-state index contributed by atoms with van der Waals surface area (Å²) in [7, 11) is 1.60. The summed E-state index contributed by atoms with van der Waals surface area (Å²) in [6.45, 7) is 11.0. The Labute approximate surface area is 272 Å². The first-order valence-corrected chi connectivity index (χ1v) is 15.6. The van der Waals surface area contributed by atoms with E-state index in [0.29, 0.717) is 25.4 Å². The molecule has 0 heterocycles. The van der Waals surface area contributed by atoms with Crippen LogP contribution in [0.25, 0.3) is 0 Å². The number of ether oxygens (including phenoxy) is 2. The first-order valence-electron chi connectivity index (χ1n) is 15.6. The monoisotopic (exact) mass is 641 g/mol. The van der Waals surface area contributed by atoms with Crippen LogP contribution >= 0.6 is 0 Å². The Balaban J connectivity index is 2.36.